The third-order valence-corrected chi connectivity index (χ3v) is 3.78. The summed E-state index contributed by atoms with van der Waals surface area (Å²) in [5.74, 6) is 1.07. The lowest BCUT2D eigenvalue weighted by Crippen LogP contribution is -2.41. The van der Waals surface area contributed by atoms with Crippen LogP contribution in [0.15, 0.2) is 22.7 Å². The summed E-state index contributed by atoms with van der Waals surface area (Å²) >= 11 is 3.45. The topological polar surface area (TPSA) is 41.5 Å². The Morgan fingerprint density at radius 2 is 2.11 bits per heavy atom. The summed E-state index contributed by atoms with van der Waals surface area (Å²) in [4.78, 5) is 0. The number of benzene rings is 1. The molecule has 0 saturated carbocycles. The molecule has 1 unspecified atom stereocenters. The summed E-state index contributed by atoms with van der Waals surface area (Å²) in [6.45, 7) is 7.11. The van der Waals surface area contributed by atoms with Gasteiger partial charge in [0.1, 0.15) is 5.75 Å². The minimum absolute atomic E-state index is 0.217. The molecule has 0 bridgehead atoms. The van der Waals surface area contributed by atoms with Gasteiger partial charge in [-0.05, 0) is 31.0 Å². The second kappa shape index (κ2) is 6.55. The van der Waals surface area contributed by atoms with E-state index in [-0.39, 0.29) is 5.92 Å². The second-order valence-electron chi connectivity index (χ2n) is 5.07. The highest BCUT2D eigenvalue weighted by Crippen LogP contribution is 2.23. The van der Waals surface area contributed by atoms with Crippen LogP contribution in [0.4, 0.5) is 0 Å². The number of aliphatic hydroxyl groups is 1. The molecule has 0 aliphatic carbocycles. The van der Waals surface area contributed by atoms with Crippen molar-refractivity contribution in [2.24, 2.45) is 5.92 Å². The maximum absolute atomic E-state index is 10.1. The van der Waals surface area contributed by atoms with E-state index in [1.54, 1.807) is 7.11 Å². The highest BCUT2D eigenvalue weighted by atomic mass is 79.9. The summed E-state index contributed by atoms with van der Waals surface area (Å²) < 4.78 is 6.33. The van der Waals surface area contributed by atoms with E-state index in [0.717, 1.165) is 15.8 Å². The monoisotopic (exact) mass is 315 g/mol. The standard InChI is InChI=1S/C14H22BrNO2/c1-10(2)14(3,17)9-16-8-11-7-12(15)5-6-13(11)18-4/h5-7,10,16-17H,8-9H2,1-4H3. The molecule has 2 N–H and O–H groups in total. The van der Waals surface area contributed by atoms with Crippen LogP contribution in [0.3, 0.4) is 0 Å². The van der Waals surface area contributed by atoms with Gasteiger partial charge < -0.3 is 15.2 Å². The van der Waals surface area contributed by atoms with Crippen molar-refractivity contribution in [1.29, 1.82) is 0 Å². The Kier molecular flexibility index (Phi) is 5.63. The van der Waals surface area contributed by atoms with Gasteiger partial charge in [0, 0.05) is 23.1 Å². The molecule has 3 nitrogen and oxygen atoms in total. The minimum atomic E-state index is -0.695. The van der Waals surface area contributed by atoms with Crippen LogP contribution in [-0.4, -0.2) is 24.4 Å². The summed E-state index contributed by atoms with van der Waals surface area (Å²) in [5.41, 5.74) is 0.380. The first-order chi connectivity index (χ1) is 8.36. The largest absolute Gasteiger partial charge is 0.496 e. The van der Waals surface area contributed by atoms with Crippen LogP contribution in [0.2, 0.25) is 0 Å². The van der Waals surface area contributed by atoms with Crippen molar-refractivity contribution in [2.45, 2.75) is 32.9 Å². The number of methoxy groups -OCH3 is 1. The zero-order valence-electron chi connectivity index (χ0n) is 11.5. The molecule has 0 radical (unpaired) electrons. The second-order valence-corrected chi connectivity index (χ2v) is 5.99. The van der Waals surface area contributed by atoms with Crippen molar-refractivity contribution in [3.63, 3.8) is 0 Å². The van der Waals surface area contributed by atoms with Crippen molar-refractivity contribution in [2.75, 3.05) is 13.7 Å². The molecule has 0 spiro atoms. The van der Waals surface area contributed by atoms with Crippen molar-refractivity contribution >= 4 is 15.9 Å². The molecule has 102 valence electrons. The molecular weight excluding hydrogens is 294 g/mol. The van der Waals surface area contributed by atoms with E-state index in [1.807, 2.05) is 39.0 Å². The number of ether oxygens (including phenoxy) is 1. The normalized spacial score (nSPS) is 14.6. The van der Waals surface area contributed by atoms with Crippen molar-refractivity contribution in [3.05, 3.63) is 28.2 Å². The van der Waals surface area contributed by atoms with E-state index in [9.17, 15) is 5.11 Å². The predicted octanol–water partition coefficient (Wildman–Crippen LogP) is 2.95. The quantitative estimate of drug-likeness (QED) is 0.848. The third kappa shape index (κ3) is 4.26. The first-order valence-corrected chi connectivity index (χ1v) is 6.91. The van der Waals surface area contributed by atoms with Gasteiger partial charge in [-0.2, -0.15) is 0 Å². The Labute approximate surface area is 118 Å². The van der Waals surface area contributed by atoms with Crippen LogP contribution >= 0.6 is 15.9 Å². The lowest BCUT2D eigenvalue weighted by atomic mass is 9.92. The zero-order chi connectivity index (χ0) is 13.8. The average Bonchev–Trinajstić information content (AvgIpc) is 2.29. The van der Waals surface area contributed by atoms with Crippen molar-refractivity contribution in [1.82, 2.24) is 5.32 Å². The van der Waals surface area contributed by atoms with Crippen LogP contribution in [0.1, 0.15) is 26.3 Å². The Balaban J connectivity index is 2.61. The molecule has 0 saturated heterocycles. The molecule has 1 rings (SSSR count). The van der Waals surface area contributed by atoms with E-state index in [0.29, 0.717) is 13.1 Å². The van der Waals surface area contributed by atoms with E-state index >= 15 is 0 Å². The smallest absolute Gasteiger partial charge is 0.123 e. The summed E-state index contributed by atoms with van der Waals surface area (Å²) in [7, 11) is 1.66. The Morgan fingerprint density at radius 3 is 2.67 bits per heavy atom. The van der Waals surface area contributed by atoms with Gasteiger partial charge in [-0.1, -0.05) is 29.8 Å². The van der Waals surface area contributed by atoms with Crippen LogP contribution < -0.4 is 10.1 Å². The first-order valence-electron chi connectivity index (χ1n) is 6.12. The highest BCUT2D eigenvalue weighted by Gasteiger charge is 2.24. The molecular formula is C14H22BrNO2. The molecule has 0 heterocycles. The molecule has 18 heavy (non-hydrogen) atoms. The summed E-state index contributed by atoms with van der Waals surface area (Å²) in [6, 6.07) is 5.91. The Morgan fingerprint density at radius 1 is 1.44 bits per heavy atom. The van der Waals surface area contributed by atoms with E-state index < -0.39 is 5.60 Å². The van der Waals surface area contributed by atoms with E-state index in [2.05, 4.69) is 21.2 Å². The number of rotatable bonds is 6. The molecule has 0 aliphatic rings. The Bertz CT molecular complexity index is 391. The van der Waals surface area contributed by atoms with Gasteiger partial charge >= 0.3 is 0 Å². The number of halogens is 1. The highest BCUT2D eigenvalue weighted by molar-refractivity contribution is 9.10. The maximum Gasteiger partial charge on any atom is 0.123 e. The van der Waals surface area contributed by atoms with Gasteiger partial charge in [0.05, 0.1) is 12.7 Å². The molecule has 1 aromatic carbocycles. The molecule has 1 atom stereocenters. The fourth-order valence-electron chi connectivity index (χ4n) is 1.54. The maximum atomic E-state index is 10.1. The van der Waals surface area contributed by atoms with Gasteiger partial charge in [-0.15, -0.1) is 0 Å². The molecule has 0 fully saturated rings. The van der Waals surface area contributed by atoms with Crippen LogP contribution in [0, 0.1) is 5.92 Å². The predicted molar refractivity (Wildman–Crippen MR) is 77.9 cm³/mol. The first kappa shape index (κ1) is 15.5. The molecule has 1 aromatic rings. The van der Waals surface area contributed by atoms with Crippen LogP contribution in [-0.2, 0) is 6.54 Å². The van der Waals surface area contributed by atoms with Gasteiger partial charge in [-0.3, -0.25) is 0 Å². The lowest BCUT2D eigenvalue weighted by Gasteiger charge is -2.28. The van der Waals surface area contributed by atoms with E-state index in [4.69, 9.17) is 4.74 Å². The fraction of sp³-hybridized carbons (Fsp3) is 0.571. The molecule has 0 amide bonds. The SMILES string of the molecule is COc1ccc(Br)cc1CNCC(C)(O)C(C)C. The van der Waals surface area contributed by atoms with E-state index in [1.165, 1.54) is 0 Å². The van der Waals surface area contributed by atoms with Crippen molar-refractivity contribution < 1.29 is 9.84 Å². The van der Waals surface area contributed by atoms with Gasteiger partial charge in [0.25, 0.3) is 0 Å². The molecule has 0 aromatic heterocycles. The van der Waals surface area contributed by atoms with Gasteiger partial charge in [0.15, 0.2) is 0 Å². The third-order valence-electron chi connectivity index (χ3n) is 3.28. The molecule has 0 aliphatic heterocycles. The number of hydrogen-bond donors (Lipinski definition) is 2. The van der Waals surface area contributed by atoms with Crippen LogP contribution in [0.5, 0.6) is 5.75 Å². The van der Waals surface area contributed by atoms with Gasteiger partial charge in [0.2, 0.25) is 0 Å². The number of hydrogen-bond acceptors (Lipinski definition) is 3. The Hall–Kier alpha value is -0.580. The average molecular weight is 316 g/mol. The summed E-state index contributed by atoms with van der Waals surface area (Å²) in [5, 5.41) is 13.4. The summed E-state index contributed by atoms with van der Waals surface area (Å²) in [6.07, 6.45) is 0. The zero-order valence-corrected chi connectivity index (χ0v) is 13.0. The minimum Gasteiger partial charge on any atom is -0.496 e. The molecule has 4 heteroatoms. The lowest BCUT2D eigenvalue weighted by molar-refractivity contribution is 0.0139. The number of nitrogens with one attached hydrogen (secondary N) is 1. The van der Waals surface area contributed by atoms with Crippen molar-refractivity contribution in [3.8, 4) is 5.75 Å². The van der Waals surface area contributed by atoms with Gasteiger partial charge in [-0.25, -0.2) is 0 Å². The fourth-order valence-corrected chi connectivity index (χ4v) is 1.95. The van der Waals surface area contributed by atoms with Crippen LogP contribution in [0.25, 0.3) is 0 Å².